The minimum atomic E-state index is 0.864. The van der Waals surface area contributed by atoms with Crippen LogP contribution in [0, 0.1) is 0 Å². The molecule has 0 saturated heterocycles. The topological polar surface area (TPSA) is 37.9 Å². The molecule has 2 heterocycles. The van der Waals surface area contributed by atoms with E-state index in [4.69, 9.17) is 4.74 Å². The maximum absolute atomic E-state index is 5.32. The Morgan fingerprint density at radius 1 is 0.957 bits per heavy atom. The molecule has 4 rings (SSSR count). The van der Waals surface area contributed by atoms with Gasteiger partial charge in [0.2, 0.25) is 0 Å². The Labute approximate surface area is 134 Å². The van der Waals surface area contributed by atoms with E-state index < -0.39 is 0 Å². The highest BCUT2D eigenvalue weighted by molar-refractivity contribution is 6.08. The predicted molar refractivity (Wildman–Crippen MR) is 94.0 cm³/mol. The van der Waals surface area contributed by atoms with Gasteiger partial charge in [-0.2, -0.15) is 0 Å². The minimum Gasteiger partial charge on any atom is -0.497 e. The number of H-pyrrole nitrogens is 1. The minimum absolute atomic E-state index is 0.864. The Kier molecular flexibility index (Phi) is 3.46. The normalized spacial score (nSPS) is 11.2. The van der Waals surface area contributed by atoms with E-state index in [1.54, 1.807) is 7.11 Å². The molecule has 23 heavy (non-hydrogen) atoms. The van der Waals surface area contributed by atoms with E-state index in [0.717, 1.165) is 35.3 Å². The second-order valence-corrected chi connectivity index (χ2v) is 5.70. The van der Waals surface area contributed by atoms with Gasteiger partial charge in [0.25, 0.3) is 0 Å². The number of aryl methyl sites for hydroxylation is 2. The SMILES string of the molecule is COc1ccc2c(c1)[nH]c1c(CCc3ccccc3)nccc12. The molecule has 0 fully saturated rings. The first-order chi connectivity index (χ1) is 11.3. The van der Waals surface area contributed by atoms with E-state index >= 15 is 0 Å². The lowest BCUT2D eigenvalue weighted by Gasteiger charge is -2.03. The van der Waals surface area contributed by atoms with Crippen molar-refractivity contribution in [3.8, 4) is 5.75 Å². The summed E-state index contributed by atoms with van der Waals surface area (Å²) in [6, 6.07) is 18.8. The average Bonchev–Trinajstić information content (AvgIpc) is 2.99. The molecule has 2 aromatic carbocycles. The predicted octanol–water partition coefficient (Wildman–Crippen LogP) is 4.51. The Balaban J connectivity index is 1.75. The summed E-state index contributed by atoms with van der Waals surface area (Å²) in [5.41, 5.74) is 4.67. The number of pyridine rings is 1. The first-order valence-electron chi connectivity index (χ1n) is 7.82. The molecule has 0 amide bonds. The van der Waals surface area contributed by atoms with Gasteiger partial charge in [0.1, 0.15) is 5.75 Å². The van der Waals surface area contributed by atoms with E-state index in [2.05, 4.69) is 46.4 Å². The van der Waals surface area contributed by atoms with Crippen molar-refractivity contribution < 1.29 is 4.74 Å². The summed E-state index contributed by atoms with van der Waals surface area (Å²) in [7, 11) is 1.69. The van der Waals surface area contributed by atoms with Gasteiger partial charge >= 0.3 is 0 Å². The quantitative estimate of drug-likeness (QED) is 0.602. The van der Waals surface area contributed by atoms with E-state index in [-0.39, 0.29) is 0 Å². The zero-order valence-corrected chi connectivity index (χ0v) is 13.0. The fourth-order valence-corrected chi connectivity index (χ4v) is 3.09. The Hall–Kier alpha value is -2.81. The van der Waals surface area contributed by atoms with Gasteiger partial charge in [-0.15, -0.1) is 0 Å². The lowest BCUT2D eigenvalue weighted by molar-refractivity contribution is 0.415. The van der Waals surface area contributed by atoms with E-state index in [9.17, 15) is 0 Å². The maximum Gasteiger partial charge on any atom is 0.120 e. The van der Waals surface area contributed by atoms with Gasteiger partial charge in [0.05, 0.1) is 23.8 Å². The molecule has 0 spiro atoms. The molecule has 0 bridgehead atoms. The van der Waals surface area contributed by atoms with Crippen molar-refractivity contribution in [2.75, 3.05) is 7.11 Å². The number of hydrogen-bond acceptors (Lipinski definition) is 2. The number of ether oxygens (including phenoxy) is 1. The van der Waals surface area contributed by atoms with Gasteiger partial charge in [-0.25, -0.2) is 0 Å². The van der Waals surface area contributed by atoms with Crippen molar-refractivity contribution in [2.45, 2.75) is 12.8 Å². The van der Waals surface area contributed by atoms with Crippen LogP contribution in [-0.4, -0.2) is 17.1 Å². The molecular formula is C20H18N2O. The Morgan fingerprint density at radius 3 is 2.65 bits per heavy atom. The number of benzene rings is 2. The second kappa shape index (κ2) is 5.76. The van der Waals surface area contributed by atoms with Crippen molar-refractivity contribution in [3.05, 3.63) is 72.1 Å². The number of aromatic amines is 1. The highest BCUT2D eigenvalue weighted by atomic mass is 16.5. The fraction of sp³-hybridized carbons (Fsp3) is 0.150. The number of nitrogens with zero attached hydrogens (tertiary/aromatic N) is 1. The van der Waals surface area contributed by atoms with Crippen LogP contribution in [0.2, 0.25) is 0 Å². The Bertz CT molecular complexity index is 957. The lowest BCUT2D eigenvalue weighted by Crippen LogP contribution is -1.95. The first kappa shape index (κ1) is 13.8. The lowest BCUT2D eigenvalue weighted by atomic mass is 10.1. The van der Waals surface area contributed by atoms with Gasteiger partial charge in [-0.3, -0.25) is 4.98 Å². The summed E-state index contributed by atoms with van der Waals surface area (Å²) in [5, 5.41) is 2.44. The third kappa shape index (κ3) is 2.55. The molecule has 0 radical (unpaired) electrons. The second-order valence-electron chi connectivity index (χ2n) is 5.70. The van der Waals surface area contributed by atoms with Crippen molar-refractivity contribution in [3.63, 3.8) is 0 Å². The molecule has 4 aromatic rings. The van der Waals surface area contributed by atoms with Crippen molar-refractivity contribution in [2.24, 2.45) is 0 Å². The number of fused-ring (bicyclic) bond motifs is 3. The molecule has 0 aliphatic heterocycles. The van der Waals surface area contributed by atoms with Gasteiger partial charge in [-0.1, -0.05) is 30.3 Å². The monoisotopic (exact) mass is 302 g/mol. The zero-order chi connectivity index (χ0) is 15.6. The van der Waals surface area contributed by atoms with Crippen LogP contribution in [-0.2, 0) is 12.8 Å². The van der Waals surface area contributed by atoms with Crippen LogP contribution in [0.4, 0.5) is 0 Å². The van der Waals surface area contributed by atoms with Gasteiger partial charge in [-0.05, 0) is 36.6 Å². The van der Waals surface area contributed by atoms with Crippen LogP contribution < -0.4 is 4.74 Å². The number of hydrogen-bond donors (Lipinski definition) is 1. The first-order valence-corrected chi connectivity index (χ1v) is 7.82. The van der Waals surface area contributed by atoms with Crippen LogP contribution in [0.15, 0.2) is 60.8 Å². The van der Waals surface area contributed by atoms with Crippen LogP contribution in [0.5, 0.6) is 5.75 Å². The number of nitrogens with one attached hydrogen (secondary N) is 1. The molecule has 2 aromatic heterocycles. The standard InChI is InChI=1S/C20H18N2O/c1-23-15-8-9-16-17-11-12-21-18(20(17)22-19(16)13-15)10-7-14-5-3-2-4-6-14/h2-6,8-9,11-13,22H,7,10H2,1H3. The molecule has 0 saturated carbocycles. The largest absolute Gasteiger partial charge is 0.497 e. The summed E-state index contributed by atoms with van der Waals surface area (Å²) in [6.07, 6.45) is 3.82. The molecule has 0 aliphatic rings. The summed E-state index contributed by atoms with van der Waals surface area (Å²) in [4.78, 5) is 8.11. The average molecular weight is 302 g/mol. The van der Waals surface area contributed by atoms with Crippen LogP contribution in [0.25, 0.3) is 21.8 Å². The number of methoxy groups -OCH3 is 1. The number of rotatable bonds is 4. The molecule has 3 nitrogen and oxygen atoms in total. The van der Waals surface area contributed by atoms with Crippen molar-refractivity contribution >= 4 is 21.8 Å². The van der Waals surface area contributed by atoms with E-state index in [1.807, 2.05) is 24.4 Å². The van der Waals surface area contributed by atoms with Gasteiger partial charge < -0.3 is 9.72 Å². The van der Waals surface area contributed by atoms with Crippen molar-refractivity contribution in [1.82, 2.24) is 9.97 Å². The fourth-order valence-electron chi connectivity index (χ4n) is 3.09. The smallest absolute Gasteiger partial charge is 0.120 e. The summed E-state index contributed by atoms with van der Waals surface area (Å²) >= 11 is 0. The van der Waals surface area contributed by atoms with Gasteiger partial charge in [0.15, 0.2) is 0 Å². The maximum atomic E-state index is 5.32. The van der Waals surface area contributed by atoms with E-state index in [1.165, 1.54) is 16.3 Å². The highest BCUT2D eigenvalue weighted by Crippen LogP contribution is 2.29. The molecule has 3 heteroatoms. The third-order valence-corrected chi connectivity index (χ3v) is 4.30. The van der Waals surface area contributed by atoms with E-state index in [0.29, 0.717) is 0 Å². The van der Waals surface area contributed by atoms with Crippen LogP contribution in [0.3, 0.4) is 0 Å². The molecule has 0 atom stereocenters. The molecule has 114 valence electrons. The summed E-state index contributed by atoms with van der Waals surface area (Å²) < 4.78 is 5.32. The third-order valence-electron chi connectivity index (χ3n) is 4.30. The molecule has 0 aliphatic carbocycles. The van der Waals surface area contributed by atoms with Crippen molar-refractivity contribution in [1.29, 1.82) is 0 Å². The van der Waals surface area contributed by atoms with Gasteiger partial charge in [0, 0.05) is 23.0 Å². The summed E-state index contributed by atoms with van der Waals surface area (Å²) in [5.74, 6) is 0.864. The van der Waals surface area contributed by atoms with Crippen LogP contribution >= 0.6 is 0 Å². The number of aromatic nitrogens is 2. The molecule has 1 N–H and O–H groups in total. The molecular weight excluding hydrogens is 284 g/mol. The highest BCUT2D eigenvalue weighted by Gasteiger charge is 2.10. The zero-order valence-electron chi connectivity index (χ0n) is 13.0. The molecule has 0 unspecified atom stereocenters. The summed E-state index contributed by atoms with van der Waals surface area (Å²) in [6.45, 7) is 0. The van der Waals surface area contributed by atoms with Crippen LogP contribution in [0.1, 0.15) is 11.3 Å². The Morgan fingerprint density at radius 2 is 1.83 bits per heavy atom.